The number of rotatable bonds is 24. The van der Waals surface area contributed by atoms with Crippen molar-refractivity contribution in [3.63, 3.8) is 0 Å². The molecule has 1 fully saturated rings. The normalized spacial score (nSPS) is 19.1. The number of halogens is 3. The number of carbonyl (C=O) groups excluding carboxylic acids is 5. The van der Waals surface area contributed by atoms with Crippen LogP contribution in [0.15, 0.2) is 85.3 Å². The number of aliphatic carboxylic acids is 1. The Hall–Kier alpha value is -7.85. The van der Waals surface area contributed by atoms with Gasteiger partial charge in [0, 0.05) is 49.3 Å². The lowest BCUT2D eigenvalue weighted by Gasteiger charge is -2.38. The number of nitrogens with one attached hydrogen (secondary N) is 2. The number of fused-ring (bicyclic) bond motifs is 2. The second kappa shape index (κ2) is 25.3. The van der Waals surface area contributed by atoms with Crippen molar-refractivity contribution in [3.8, 4) is 16.9 Å². The summed E-state index contributed by atoms with van der Waals surface area (Å²) >= 11 is 0. The number of alkyl halides is 3. The zero-order valence-corrected chi connectivity index (χ0v) is 42.6. The van der Waals surface area contributed by atoms with Gasteiger partial charge in [-0.25, -0.2) is 9.36 Å². The topological polar surface area (TPSA) is 308 Å². The number of carboxylic acids is 1. The molecule has 5 aromatic rings. The molecule has 26 heteroatoms. The van der Waals surface area contributed by atoms with E-state index in [1.165, 1.54) is 36.7 Å². The maximum Gasteiger partial charge on any atom is 0.416 e. The van der Waals surface area contributed by atoms with Crippen LogP contribution in [0.25, 0.3) is 22.2 Å². The molecule has 0 saturated carbocycles. The van der Waals surface area contributed by atoms with Crippen LogP contribution in [0.4, 0.5) is 30.4 Å². The van der Waals surface area contributed by atoms with Gasteiger partial charge >= 0.3 is 12.1 Å². The summed E-state index contributed by atoms with van der Waals surface area (Å²) in [5.41, 5.74) is 10.2. The first kappa shape index (κ1) is 57.3. The van der Waals surface area contributed by atoms with Crippen LogP contribution in [0.5, 0.6) is 5.75 Å². The molecule has 5 heterocycles. The van der Waals surface area contributed by atoms with E-state index >= 15 is 0 Å². The summed E-state index contributed by atoms with van der Waals surface area (Å²) in [6.45, 7) is 1.62. The average Bonchev–Trinajstić information content (AvgIpc) is 4.34. The van der Waals surface area contributed by atoms with E-state index in [2.05, 4.69) is 15.6 Å². The average molecular weight is 1100 g/mol. The molecule has 2 aromatic heterocycles. The van der Waals surface area contributed by atoms with Gasteiger partial charge in [-0.05, 0) is 59.0 Å². The SMILES string of the molecule is Cn1cc(-c2ccc3c(c2)CCN3C(=O)Cc2cccc(C(F)(F)F)c2)c2c(N)nc[n+](Cc3ccc(O[C@@H]4O[C@H](C(=O)O)[C@@H](O)[C@H](O)[C@H]4O)c(NC(=O)CCNC(=O)CCOCCOCCOCCN4C(=O)C=CC4=O)c3)c21. The Morgan fingerprint density at radius 2 is 1.58 bits per heavy atom. The Bertz CT molecular complexity index is 3120. The molecule has 3 aliphatic heterocycles. The summed E-state index contributed by atoms with van der Waals surface area (Å²) in [6.07, 6.45) is -8.37. The van der Waals surface area contributed by atoms with Crippen LogP contribution in [-0.2, 0) is 80.3 Å². The first-order chi connectivity index (χ1) is 37.8. The number of nitrogen functional groups attached to an aromatic ring is 1. The lowest BCUT2D eigenvalue weighted by Crippen LogP contribution is -2.61. The second-order valence-corrected chi connectivity index (χ2v) is 18.7. The van der Waals surface area contributed by atoms with E-state index in [-0.39, 0.29) is 119 Å². The summed E-state index contributed by atoms with van der Waals surface area (Å²) in [6, 6.07) is 14.9. The highest BCUT2D eigenvalue weighted by Crippen LogP contribution is 2.38. The summed E-state index contributed by atoms with van der Waals surface area (Å²) in [5, 5.41) is 47.1. The van der Waals surface area contributed by atoms with Gasteiger partial charge in [0.15, 0.2) is 6.10 Å². The number of carboxylic acid groups (broad SMARTS) is 1. The number of aliphatic hydroxyl groups excluding tert-OH is 3. The van der Waals surface area contributed by atoms with Crippen molar-refractivity contribution in [2.24, 2.45) is 7.05 Å². The van der Waals surface area contributed by atoms with Crippen LogP contribution < -0.4 is 30.6 Å². The molecule has 5 amide bonds. The number of hydrogen-bond donors (Lipinski definition) is 7. The monoisotopic (exact) mass is 1100 g/mol. The van der Waals surface area contributed by atoms with E-state index in [1.54, 1.807) is 27.7 Å². The fourth-order valence-corrected chi connectivity index (χ4v) is 9.23. The van der Waals surface area contributed by atoms with E-state index in [9.17, 15) is 62.4 Å². The third kappa shape index (κ3) is 13.9. The molecule has 79 heavy (non-hydrogen) atoms. The molecule has 0 radical (unpaired) electrons. The molecule has 0 aliphatic carbocycles. The molecule has 0 bridgehead atoms. The Morgan fingerprint density at radius 3 is 2.30 bits per heavy atom. The molecule has 420 valence electrons. The largest absolute Gasteiger partial charge is 0.479 e. The first-order valence-electron chi connectivity index (χ1n) is 25.1. The van der Waals surface area contributed by atoms with Gasteiger partial charge in [0.1, 0.15) is 29.4 Å². The number of aliphatic hydroxyl groups is 3. The van der Waals surface area contributed by atoms with Crippen molar-refractivity contribution in [2.75, 3.05) is 75.2 Å². The number of benzene rings is 3. The zero-order valence-electron chi connectivity index (χ0n) is 42.6. The van der Waals surface area contributed by atoms with Crippen molar-refractivity contribution in [2.45, 2.75) is 69.1 Å². The molecule has 8 rings (SSSR count). The van der Waals surface area contributed by atoms with E-state index in [0.717, 1.165) is 33.7 Å². The minimum atomic E-state index is -4.54. The number of aromatic nitrogens is 3. The Morgan fingerprint density at radius 1 is 0.861 bits per heavy atom. The number of aryl methyl sites for hydroxylation is 1. The van der Waals surface area contributed by atoms with Gasteiger partial charge in [-0.1, -0.05) is 35.3 Å². The van der Waals surface area contributed by atoms with Gasteiger partial charge in [0.2, 0.25) is 41.8 Å². The van der Waals surface area contributed by atoms with Crippen LogP contribution in [0.3, 0.4) is 0 Å². The lowest BCUT2D eigenvalue weighted by atomic mass is 9.99. The van der Waals surface area contributed by atoms with Crippen LogP contribution in [0, 0.1) is 0 Å². The maximum absolute atomic E-state index is 13.5. The summed E-state index contributed by atoms with van der Waals surface area (Å²) in [4.78, 5) is 81.6. The molecule has 1 saturated heterocycles. The third-order valence-electron chi connectivity index (χ3n) is 13.2. The number of anilines is 3. The van der Waals surface area contributed by atoms with Gasteiger partial charge < -0.3 is 65.4 Å². The van der Waals surface area contributed by atoms with Crippen molar-refractivity contribution >= 4 is 63.7 Å². The van der Waals surface area contributed by atoms with Crippen molar-refractivity contribution in [1.82, 2.24) is 19.8 Å². The minimum absolute atomic E-state index is 0.0194. The Kier molecular flexibility index (Phi) is 18.4. The lowest BCUT2D eigenvalue weighted by molar-refractivity contribution is -0.667. The van der Waals surface area contributed by atoms with Gasteiger partial charge in [0.05, 0.1) is 83.6 Å². The first-order valence-corrected chi connectivity index (χ1v) is 25.1. The Labute approximate surface area is 448 Å². The molecular formula is C53H58F3N8O15+. The second-order valence-electron chi connectivity index (χ2n) is 18.7. The zero-order chi connectivity index (χ0) is 56.5. The summed E-state index contributed by atoms with van der Waals surface area (Å²) in [5.74, 6) is -3.64. The predicted octanol–water partition coefficient (Wildman–Crippen LogP) is 1.39. The number of amides is 5. The van der Waals surface area contributed by atoms with Crippen LogP contribution in [0.1, 0.15) is 35.1 Å². The summed E-state index contributed by atoms with van der Waals surface area (Å²) < 4.78 is 71.3. The van der Waals surface area contributed by atoms with Crippen LogP contribution in [-0.4, -0.2) is 160 Å². The fourth-order valence-electron chi connectivity index (χ4n) is 9.23. The van der Waals surface area contributed by atoms with Crippen LogP contribution in [0.2, 0.25) is 0 Å². The predicted molar refractivity (Wildman–Crippen MR) is 272 cm³/mol. The standard InChI is InChI=1S/C53H57F3N8O15/c1-61-28-35(32-6-7-37-33(26-32)12-15-63(37)43(69)25-30-3-2-4-34(23-30)53(54,55)56)44-49(57)59-29-62(50(44)61)27-31-5-8-38(78-52-47(72)45(70)46(71)48(79-52)51(73)74)36(24-31)60-40(66)11-14-58-39(65)13-17-75-19-21-77-22-20-76-18-16-64-41(67)9-10-42(64)68/h2-10,23-24,26,28-29,45-48,52,57,70-72H,11-22,25,27H2,1H3,(H3,58,60,65,66,73,74)/p+1/t45-,46-,47+,48-,52+/m0/s1. The van der Waals surface area contributed by atoms with Gasteiger partial charge in [-0.2, -0.15) is 13.2 Å². The van der Waals surface area contributed by atoms with E-state index in [4.69, 9.17) is 29.4 Å². The molecule has 3 aromatic carbocycles. The number of nitrogens with two attached hydrogens (primary N) is 1. The molecule has 5 atom stereocenters. The summed E-state index contributed by atoms with van der Waals surface area (Å²) in [7, 11) is 1.81. The highest BCUT2D eigenvalue weighted by molar-refractivity contribution is 6.12. The number of nitrogens with zero attached hydrogens (tertiary/aromatic N) is 5. The van der Waals surface area contributed by atoms with Crippen molar-refractivity contribution in [3.05, 3.63) is 108 Å². The third-order valence-corrected chi connectivity index (χ3v) is 13.2. The number of ether oxygens (including phenoxy) is 5. The van der Waals surface area contributed by atoms with E-state index in [0.29, 0.717) is 35.2 Å². The van der Waals surface area contributed by atoms with Gasteiger partial charge in [0.25, 0.3) is 11.8 Å². The highest BCUT2D eigenvalue weighted by atomic mass is 19.4. The molecule has 23 nitrogen and oxygen atoms in total. The molecule has 8 N–H and O–H groups in total. The van der Waals surface area contributed by atoms with Gasteiger partial charge in [-0.3, -0.25) is 33.4 Å². The quantitative estimate of drug-likeness (QED) is 0.0261. The molecule has 0 spiro atoms. The number of imide groups is 1. The van der Waals surface area contributed by atoms with Crippen molar-refractivity contribution < 1.29 is 90.6 Å². The minimum Gasteiger partial charge on any atom is -0.479 e. The van der Waals surface area contributed by atoms with E-state index in [1.807, 2.05) is 29.9 Å². The smallest absolute Gasteiger partial charge is 0.416 e. The number of hydrogen-bond acceptors (Lipinski definition) is 16. The molecular weight excluding hydrogens is 1050 g/mol. The van der Waals surface area contributed by atoms with E-state index < -0.39 is 60.2 Å². The van der Waals surface area contributed by atoms with Crippen LogP contribution >= 0.6 is 0 Å². The maximum atomic E-state index is 13.5. The molecule has 0 unspecified atom stereocenters. The fraction of sp³-hybridized carbons (Fsp3) is 0.396. The Balaban J connectivity index is 0.898. The highest BCUT2D eigenvalue weighted by Gasteiger charge is 2.48. The van der Waals surface area contributed by atoms with Gasteiger partial charge in [-0.15, -0.1) is 0 Å². The molecule has 3 aliphatic rings. The number of carbonyl (C=O) groups is 6. The van der Waals surface area contributed by atoms with Crippen molar-refractivity contribution in [1.29, 1.82) is 0 Å².